The van der Waals surface area contributed by atoms with Crippen LogP contribution in [0.1, 0.15) is 65.2 Å². The van der Waals surface area contributed by atoms with Crippen molar-refractivity contribution in [1.29, 1.82) is 0 Å². The van der Waals surface area contributed by atoms with Gasteiger partial charge in [-0.2, -0.15) is 0 Å². The minimum absolute atomic E-state index is 0.0135. The second-order valence-corrected chi connectivity index (χ2v) is 6.35. The van der Waals surface area contributed by atoms with Gasteiger partial charge in [-0.25, -0.2) is 4.68 Å². The maximum absolute atomic E-state index is 12.6. The van der Waals surface area contributed by atoms with Gasteiger partial charge in [0, 0.05) is 6.54 Å². The van der Waals surface area contributed by atoms with Crippen LogP contribution in [0, 0.1) is 0 Å². The second kappa shape index (κ2) is 10.1. The second-order valence-electron chi connectivity index (χ2n) is 6.35. The molecule has 0 saturated carbocycles. The van der Waals surface area contributed by atoms with Gasteiger partial charge >= 0.3 is 0 Å². The van der Waals surface area contributed by atoms with E-state index in [-0.39, 0.29) is 5.56 Å². The summed E-state index contributed by atoms with van der Waals surface area (Å²) in [7, 11) is 0. The molecule has 0 saturated heterocycles. The molecule has 24 heavy (non-hydrogen) atoms. The zero-order valence-electron chi connectivity index (χ0n) is 15.1. The van der Waals surface area contributed by atoms with E-state index in [0.717, 1.165) is 24.6 Å². The highest BCUT2D eigenvalue weighted by Gasteiger charge is 2.11. The Morgan fingerprint density at radius 1 is 0.917 bits per heavy atom. The summed E-state index contributed by atoms with van der Waals surface area (Å²) in [5.41, 5.74) is -0.0135. The largest absolute Gasteiger partial charge is 0.476 e. The highest BCUT2D eigenvalue weighted by molar-refractivity contribution is 5.85. The van der Waals surface area contributed by atoms with Gasteiger partial charge in [0.25, 0.3) is 5.56 Å². The van der Waals surface area contributed by atoms with E-state index < -0.39 is 0 Å². The van der Waals surface area contributed by atoms with E-state index in [2.05, 4.69) is 18.9 Å². The first-order chi connectivity index (χ1) is 11.8. The van der Waals surface area contributed by atoms with Gasteiger partial charge in [0.1, 0.15) is 0 Å². The standard InChI is InChI=1S/C20H30N2O2/c1-3-5-7-11-15-22-20(23)18-14-10-9-13-17(18)19(21-22)24-16-12-8-6-4-2/h9-10,13-14H,3-8,11-12,15-16H2,1-2H3. The van der Waals surface area contributed by atoms with Crippen molar-refractivity contribution >= 4 is 10.8 Å². The summed E-state index contributed by atoms with van der Waals surface area (Å²) in [5, 5.41) is 6.02. The fraction of sp³-hybridized carbons (Fsp3) is 0.600. The van der Waals surface area contributed by atoms with Crippen molar-refractivity contribution in [1.82, 2.24) is 9.78 Å². The van der Waals surface area contributed by atoms with Crippen LogP contribution in [-0.4, -0.2) is 16.4 Å². The molecule has 0 spiro atoms. The highest BCUT2D eigenvalue weighted by Crippen LogP contribution is 2.20. The van der Waals surface area contributed by atoms with Crippen LogP contribution in [-0.2, 0) is 6.54 Å². The molecule has 2 aromatic rings. The van der Waals surface area contributed by atoms with E-state index in [4.69, 9.17) is 4.74 Å². The summed E-state index contributed by atoms with van der Waals surface area (Å²) in [4.78, 5) is 12.6. The number of aryl methyl sites for hydroxylation is 1. The molecule has 0 radical (unpaired) electrons. The lowest BCUT2D eigenvalue weighted by Crippen LogP contribution is -2.24. The van der Waals surface area contributed by atoms with Gasteiger partial charge in [0.05, 0.1) is 17.4 Å². The van der Waals surface area contributed by atoms with Crippen LogP contribution in [0.4, 0.5) is 0 Å². The molecule has 0 bridgehead atoms. The summed E-state index contributed by atoms with van der Waals surface area (Å²) in [6, 6.07) is 7.62. The van der Waals surface area contributed by atoms with Gasteiger partial charge in [0.2, 0.25) is 5.88 Å². The molecule has 1 aromatic heterocycles. The van der Waals surface area contributed by atoms with Crippen molar-refractivity contribution < 1.29 is 4.74 Å². The Labute approximate surface area is 144 Å². The number of fused-ring (bicyclic) bond motifs is 1. The molecule has 0 aliphatic rings. The summed E-state index contributed by atoms with van der Waals surface area (Å²) >= 11 is 0. The Bertz CT molecular complexity index is 679. The minimum Gasteiger partial charge on any atom is -0.476 e. The molecule has 0 aliphatic heterocycles. The number of rotatable bonds is 11. The Balaban J connectivity index is 2.15. The Kier molecular flexibility index (Phi) is 7.80. The lowest BCUT2D eigenvalue weighted by molar-refractivity contribution is 0.287. The van der Waals surface area contributed by atoms with Crippen LogP contribution in [0.2, 0.25) is 0 Å². The molecule has 1 aromatic carbocycles. The fourth-order valence-corrected chi connectivity index (χ4v) is 2.85. The third-order valence-electron chi connectivity index (χ3n) is 4.29. The maximum Gasteiger partial charge on any atom is 0.274 e. The SMILES string of the molecule is CCCCCCOc1nn(CCCCCC)c(=O)c2ccccc12. The first-order valence-corrected chi connectivity index (χ1v) is 9.40. The van der Waals surface area contributed by atoms with E-state index in [1.807, 2.05) is 24.3 Å². The van der Waals surface area contributed by atoms with Gasteiger partial charge in [-0.05, 0) is 25.0 Å². The van der Waals surface area contributed by atoms with Crippen molar-refractivity contribution in [2.45, 2.75) is 71.8 Å². The zero-order chi connectivity index (χ0) is 17.2. The lowest BCUT2D eigenvalue weighted by atomic mass is 10.2. The summed E-state index contributed by atoms with van der Waals surface area (Å²) < 4.78 is 7.50. The predicted octanol–water partition coefficient (Wildman–Crippen LogP) is 4.94. The van der Waals surface area contributed by atoms with Crippen molar-refractivity contribution in [3.63, 3.8) is 0 Å². The molecule has 0 N–H and O–H groups in total. The summed E-state index contributed by atoms with van der Waals surface area (Å²) in [5.74, 6) is 0.595. The Morgan fingerprint density at radius 3 is 2.29 bits per heavy atom. The van der Waals surface area contributed by atoms with Crippen LogP contribution in [0.3, 0.4) is 0 Å². The molecule has 4 heteroatoms. The molecule has 4 nitrogen and oxygen atoms in total. The number of ether oxygens (including phenoxy) is 1. The fourth-order valence-electron chi connectivity index (χ4n) is 2.85. The van der Waals surface area contributed by atoms with E-state index >= 15 is 0 Å². The van der Waals surface area contributed by atoms with Gasteiger partial charge in [0.15, 0.2) is 0 Å². The van der Waals surface area contributed by atoms with Crippen molar-refractivity contribution in [2.75, 3.05) is 6.61 Å². The molecule has 2 rings (SSSR count). The molecule has 0 atom stereocenters. The highest BCUT2D eigenvalue weighted by atomic mass is 16.5. The van der Waals surface area contributed by atoms with E-state index in [0.29, 0.717) is 24.4 Å². The van der Waals surface area contributed by atoms with E-state index in [9.17, 15) is 4.79 Å². The third-order valence-corrected chi connectivity index (χ3v) is 4.29. The molecule has 0 fully saturated rings. The summed E-state index contributed by atoms with van der Waals surface area (Å²) in [6.07, 6.45) is 9.14. The molecule has 1 heterocycles. The smallest absolute Gasteiger partial charge is 0.274 e. The number of aromatic nitrogens is 2. The quantitative estimate of drug-likeness (QED) is 0.548. The molecule has 132 valence electrons. The molecular weight excluding hydrogens is 300 g/mol. The van der Waals surface area contributed by atoms with Gasteiger partial charge in [-0.1, -0.05) is 64.5 Å². The van der Waals surface area contributed by atoms with Crippen LogP contribution in [0.15, 0.2) is 29.1 Å². The summed E-state index contributed by atoms with van der Waals surface area (Å²) in [6.45, 7) is 5.70. The van der Waals surface area contributed by atoms with Crippen molar-refractivity contribution in [2.24, 2.45) is 0 Å². The predicted molar refractivity (Wildman–Crippen MR) is 99.8 cm³/mol. The van der Waals surface area contributed by atoms with Crippen LogP contribution < -0.4 is 10.3 Å². The van der Waals surface area contributed by atoms with E-state index in [1.54, 1.807) is 4.68 Å². The van der Waals surface area contributed by atoms with Crippen LogP contribution in [0.5, 0.6) is 5.88 Å². The normalized spacial score (nSPS) is 11.1. The van der Waals surface area contributed by atoms with Gasteiger partial charge < -0.3 is 4.74 Å². The number of nitrogens with zero attached hydrogens (tertiary/aromatic N) is 2. The number of hydrogen-bond donors (Lipinski definition) is 0. The molecule has 0 amide bonds. The van der Waals surface area contributed by atoms with Crippen molar-refractivity contribution in [3.05, 3.63) is 34.6 Å². The Morgan fingerprint density at radius 2 is 1.58 bits per heavy atom. The maximum atomic E-state index is 12.6. The minimum atomic E-state index is -0.0135. The first-order valence-electron chi connectivity index (χ1n) is 9.40. The van der Waals surface area contributed by atoms with Gasteiger partial charge in [-0.3, -0.25) is 4.79 Å². The molecule has 0 unspecified atom stereocenters. The van der Waals surface area contributed by atoms with Crippen LogP contribution in [0.25, 0.3) is 10.8 Å². The monoisotopic (exact) mass is 330 g/mol. The third kappa shape index (κ3) is 5.08. The first kappa shape index (κ1) is 18.5. The van der Waals surface area contributed by atoms with Gasteiger partial charge in [-0.15, -0.1) is 5.10 Å². The average Bonchev–Trinajstić information content (AvgIpc) is 2.61. The Hall–Kier alpha value is -1.84. The molecular formula is C20H30N2O2. The topological polar surface area (TPSA) is 44.1 Å². The lowest BCUT2D eigenvalue weighted by Gasteiger charge is -2.12. The number of benzene rings is 1. The van der Waals surface area contributed by atoms with Crippen LogP contribution >= 0.6 is 0 Å². The number of hydrogen-bond acceptors (Lipinski definition) is 3. The average molecular weight is 330 g/mol. The molecule has 0 aliphatic carbocycles. The number of unbranched alkanes of at least 4 members (excludes halogenated alkanes) is 6. The van der Waals surface area contributed by atoms with Crippen molar-refractivity contribution in [3.8, 4) is 5.88 Å². The zero-order valence-corrected chi connectivity index (χ0v) is 15.1. The van der Waals surface area contributed by atoms with E-state index in [1.165, 1.54) is 32.1 Å².